The summed E-state index contributed by atoms with van der Waals surface area (Å²) in [5.74, 6) is 0. The predicted molar refractivity (Wildman–Crippen MR) is 64.3 cm³/mol. The van der Waals surface area contributed by atoms with Gasteiger partial charge >= 0.3 is 0 Å². The van der Waals surface area contributed by atoms with Gasteiger partial charge in [0.2, 0.25) is 0 Å². The van der Waals surface area contributed by atoms with E-state index in [1.807, 2.05) is 0 Å². The topological polar surface area (TPSA) is 6.48 Å². The molecule has 0 saturated carbocycles. The molecule has 2 heteroatoms. The number of nitrogens with zero attached hydrogens (tertiary/aromatic N) is 2. The lowest BCUT2D eigenvalue weighted by molar-refractivity contribution is 0.929. The zero-order chi connectivity index (χ0) is 10.6. The van der Waals surface area contributed by atoms with Crippen molar-refractivity contribution >= 4 is 11.4 Å². The number of rotatable bonds is 4. The number of hydrogen-bond donors (Lipinski definition) is 0. The molecule has 0 radical (unpaired) electrons. The van der Waals surface area contributed by atoms with E-state index in [1.165, 1.54) is 11.4 Å². The van der Waals surface area contributed by atoms with Gasteiger partial charge in [-0.25, -0.2) is 0 Å². The third-order valence-electron chi connectivity index (χ3n) is 2.65. The molecule has 0 fully saturated rings. The first-order valence-corrected chi connectivity index (χ1v) is 5.22. The van der Waals surface area contributed by atoms with Crippen molar-refractivity contribution in [2.45, 2.75) is 13.8 Å². The van der Waals surface area contributed by atoms with E-state index in [4.69, 9.17) is 0 Å². The van der Waals surface area contributed by atoms with Gasteiger partial charge < -0.3 is 9.80 Å². The molecule has 0 bridgehead atoms. The second-order valence-corrected chi connectivity index (χ2v) is 3.52. The van der Waals surface area contributed by atoms with Crippen molar-refractivity contribution in [3.05, 3.63) is 24.3 Å². The Bertz CT molecular complexity index is 254. The average molecular weight is 192 g/mol. The van der Waals surface area contributed by atoms with Gasteiger partial charge in [-0.1, -0.05) is 12.1 Å². The molecule has 1 aromatic carbocycles. The molecule has 0 spiro atoms. The van der Waals surface area contributed by atoms with E-state index >= 15 is 0 Å². The lowest BCUT2D eigenvalue weighted by atomic mass is 10.2. The highest BCUT2D eigenvalue weighted by molar-refractivity contribution is 5.70. The number of hydrogen-bond acceptors (Lipinski definition) is 2. The second-order valence-electron chi connectivity index (χ2n) is 3.52. The highest BCUT2D eigenvalue weighted by atomic mass is 15.2. The van der Waals surface area contributed by atoms with E-state index in [1.54, 1.807) is 0 Å². The van der Waals surface area contributed by atoms with E-state index in [0.29, 0.717) is 0 Å². The summed E-state index contributed by atoms with van der Waals surface area (Å²) in [4.78, 5) is 4.53. The van der Waals surface area contributed by atoms with Gasteiger partial charge in [0.05, 0.1) is 11.4 Å². The van der Waals surface area contributed by atoms with Crippen LogP contribution in [0.25, 0.3) is 0 Å². The Labute approximate surface area is 87.1 Å². The summed E-state index contributed by atoms with van der Waals surface area (Å²) in [7, 11) is 4.25. The monoisotopic (exact) mass is 192 g/mol. The summed E-state index contributed by atoms with van der Waals surface area (Å²) in [6.45, 7) is 6.41. The molecule has 0 aliphatic rings. The fourth-order valence-electron chi connectivity index (χ4n) is 1.45. The van der Waals surface area contributed by atoms with Crippen LogP contribution in [0.2, 0.25) is 0 Å². The van der Waals surface area contributed by atoms with Crippen LogP contribution in [0.4, 0.5) is 11.4 Å². The molecule has 0 saturated heterocycles. The van der Waals surface area contributed by atoms with E-state index in [0.717, 1.165) is 13.1 Å². The Hall–Kier alpha value is -1.18. The minimum Gasteiger partial charge on any atom is -0.373 e. The fourth-order valence-corrected chi connectivity index (χ4v) is 1.45. The van der Waals surface area contributed by atoms with Gasteiger partial charge in [-0.3, -0.25) is 0 Å². The van der Waals surface area contributed by atoms with Gasteiger partial charge in [-0.15, -0.1) is 0 Å². The lowest BCUT2D eigenvalue weighted by Gasteiger charge is -2.26. The van der Waals surface area contributed by atoms with E-state index in [9.17, 15) is 0 Å². The molecule has 0 atom stereocenters. The molecule has 0 aromatic heterocycles. The molecule has 0 unspecified atom stereocenters. The van der Waals surface area contributed by atoms with Crippen LogP contribution in [0.3, 0.4) is 0 Å². The van der Waals surface area contributed by atoms with Crippen LogP contribution in [0, 0.1) is 0 Å². The molecule has 0 N–H and O–H groups in total. The van der Waals surface area contributed by atoms with Crippen LogP contribution < -0.4 is 9.80 Å². The van der Waals surface area contributed by atoms with Crippen LogP contribution in [-0.4, -0.2) is 27.2 Å². The average Bonchev–Trinajstić information content (AvgIpc) is 2.27. The number of para-hydroxylation sites is 2. The summed E-state index contributed by atoms with van der Waals surface area (Å²) in [5, 5.41) is 0. The van der Waals surface area contributed by atoms with Gasteiger partial charge in [0.1, 0.15) is 0 Å². The van der Waals surface area contributed by atoms with Gasteiger partial charge in [-0.05, 0) is 26.0 Å². The van der Waals surface area contributed by atoms with Crippen LogP contribution in [0.1, 0.15) is 13.8 Å². The van der Waals surface area contributed by atoms with Crippen LogP contribution in [-0.2, 0) is 0 Å². The summed E-state index contributed by atoms with van der Waals surface area (Å²) in [5.41, 5.74) is 2.61. The van der Waals surface area contributed by atoms with E-state index in [-0.39, 0.29) is 0 Å². The Morgan fingerprint density at radius 2 is 1.21 bits per heavy atom. The van der Waals surface area contributed by atoms with Crippen LogP contribution >= 0.6 is 0 Å². The van der Waals surface area contributed by atoms with E-state index < -0.39 is 0 Å². The first-order chi connectivity index (χ1) is 6.70. The van der Waals surface area contributed by atoms with Crippen molar-refractivity contribution in [3.8, 4) is 0 Å². The summed E-state index contributed by atoms with van der Waals surface area (Å²) in [6, 6.07) is 8.53. The Balaban J connectivity index is 3.02. The molecule has 2 nitrogen and oxygen atoms in total. The van der Waals surface area contributed by atoms with Crippen LogP contribution in [0.15, 0.2) is 24.3 Å². The van der Waals surface area contributed by atoms with Crippen molar-refractivity contribution in [1.82, 2.24) is 0 Å². The first kappa shape index (κ1) is 10.9. The first-order valence-electron chi connectivity index (χ1n) is 5.22. The molecule has 1 aromatic rings. The van der Waals surface area contributed by atoms with Gasteiger partial charge in [0.15, 0.2) is 0 Å². The van der Waals surface area contributed by atoms with Crippen LogP contribution in [0.5, 0.6) is 0 Å². The molecule has 0 aliphatic heterocycles. The maximum absolute atomic E-state index is 2.27. The van der Waals surface area contributed by atoms with Crippen molar-refractivity contribution in [3.63, 3.8) is 0 Å². The molecule has 0 aliphatic carbocycles. The molecular formula is C12H20N2. The number of anilines is 2. The van der Waals surface area contributed by atoms with Gasteiger partial charge in [0.25, 0.3) is 0 Å². The molecule has 0 amide bonds. The third kappa shape index (κ3) is 2.19. The van der Waals surface area contributed by atoms with Crippen molar-refractivity contribution in [1.29, 1.82) is 0 Å². The van der Waals surface area contributed by atoms with Crippen molar-refractivity contribution in [2.75, 3.05) is 37.0 Å². The molecule has 14 heavy (non-hydrogen) atoms. The predicted octanol–water partition coefficient (Wildman–Crippen LogP) is 2.60. The lowest BCUT2D eigenvalue weighted by Crippen LogP contribution is -2.22. The highest BCUT2D eigenvalue weighted by Crippen LogP contribution is 2.26. The second kappa shape index (κ2) is 4.89. The summed E-state index contributed by atoms with van der Waals surface area (Å²) >= 11 is 0. The maximum atomic E-state index is 2.27. The normalized spacial score (nSPS) is 10.0. The third-order valence-corrected chi connectivity index (χ3v) is 2.65. The van der Waals surface area contributed by atoms with E-state index in [2.05, 4.69) is 62.0 Å². The minimum absolute atomic E-state index is 1.04. The molecule has 78 valence electrons. The Morgan fingerprint density at radius 1 is 0.857 bits per heavy atom. The van der Waals surface area contributed by atoms with Crippen molar-refractivity contribution in [2.24, 2.45) is 0 Å². The fraction of sp³-hybridized carbons (Fsp3) is 0.500. The minimum atomic E-state index is 1.04. The smallest absolute Gasteiger partial charge is 0.0601 e. The highest BCUT2D eigenvalue weighted by Gasteiger charge is 2.07. The largest absolute Gasteiger partial charge is 0.373 e. The molecule has 0 heterocycles. The Morgan fingerprint density at radius 3 is 1.50 bits per heavy atom. The van der Waals surface area contributed by atoms with Crippen molar-refractivity contribution < 1.29 is 0 Å². The summed E-state index contributed by atoms with van der Waals surface area (Å²) < 4.78 is 0. The zero-order valence-electron chi connectivity index (χ0n) is 9.62. The number of benzene rings is 1. The maximum Gasteiger partial charge on any atom is 0.0601 e. The quantitative estimate of drug-likeness (QED) is 0.723. The molecular weight excluding hydrogens is 172 g/mol. The SMILES string of the molecule is CCN(C)c1ccccc1N(C)CC. The summed E-state index contributed by atoms with van der Waals surface area (Å²) in [6.07, 6.45) is 0. The zero-order valence-corrected chi connectivity index (χ0v) is 9.62. The Kier molecular flexibility index (Phi) is 3.81. The standard InChI is InChI=1S/C12H20N2/c1-5-13(3)11-9-7-8-10-12(11)14(4)6-2/h7-10H,5-6H2,1-4H3. The van der Waals surface area contributed by atoms with Gasteiger partial charge in [-0.2, -0.15) is 0 Å². The molecule has 1 rings (SSSR count). The van der Waals surface area contributed by atoms with Gasteiger partial charge in [0, 0.05) is 27.2 Å².